The summed E-state index contributed by atoms with van der Waals surface area (Å²) in [5.74, 6) is -1.73. The lowest BCUT2D eigenvalue weighted by Gasteiger charge is -2.29. The zero-order valence-electron chi connectivity index (χ0n) is 19.8. The van der Waals surface area contributed by atoms with Gasteiger partial charge in [-0.05, 0) is 29.8 Å². The first kappa shape index (κ1) is 25.1. The van der Waals surface area contributed by atoms with E-state index in [1.165, 1.54) is 48.2 Å². The molecule has 186 valence electrons. The van der Waals surface area contributed by atoms with Crippen molar-refractivity contribution in [2.24, 2.45) is 0 Å². The van der Waals surface area contributed by atoms with E-state index in [9.17, 15) is 23.1 Å². The third kappa shape index (κ3) is 5.01. The quantitative estimate of drug-likeness (QED) is 0.321. The van der Waals surface area contributed by atoms with E-state index in [1.54, 1.807) is 0 Å². The number of amides is 1. The first-order chi connectivity index (χ1) is 16.7. The van der Waals surface area contributed by atoms with E-state index in [1.807, 2.05) is 30.3 Å². The van der Waals surface area contributed by atoms with E-state index in [0.29, 0.717) is 26.3 Å². The number of likely N-dealkylation sites (tertiary alicyclic amines) is 1. The lowest BCUT2D eigenvalue weighted by Crippen LogP contribution is -3.14. The van der Waals surface area contributed by atoms with Crippen LogP contribution in [0.25, 0.3) is 5.76 Å². The average Bonchev–Trinajstić information content (AvgIpc) is 3.13. The van der Waals surface area contributed by atoms with Gasteiger partial charge in [-0.1, -0.05) is 30.3 Å². The number of aliphatic hydroxyl groups is 1. The first-order valence-corrected chi connectivity index (χ1v) is 12.9. The Morgan fingerprint density at radius 3 is 2.29 bits per heavy atom. The van der Waals surface area contributed by atoms with Crippen LogP contribution in [0.4, 0.5) is 0 Å². The summed E-state index contributed by atoms with van der Waals surface area (Å²) >= 11 is 0. The molecule has 2 aromatic rings. The summed E-state index contributed by atoms with van der Waals surface area (Å²) in [7, 11) is -0.776. The highest BCUT2D eigenvalue weighted by Crippen LogP contribution is 2.39. The van der Waals surface area contributed by atoms with Gasteiger partial charge in [0.1, 0.15) is 18.8 Å². The van der Waals surface area contributed by atoms with Crippen molar-refractivity contribution in [3.05, 3.63) is 71.3 Å². The van der Waals surface area contributed by atoms with Gasteiger partial charge in [-0.15, -0.1) is 0 Å². The molecular formula is C25H30N3O6S+. The highest BCUT2D eigenvalue weighted by Gasteiger charge is 2.46. The Hall–Kier alpha value is -3.05. The summed E-state index contributed by atoms with van der Waals surface area (Å²) in [6, 6.07) is 14.0. The van der Waals surface area contributed by atoms with Crippen LogP contribution in [-0.2, 0) is 24.3 Å². The largest absolute Gasteiger partial charge is 0.507 e. The Bertz CT molecular complexity index is 1220. The van der Waals surface area contributed by atoms with Crippen molar-refractivity contribution in [3.8, 4) is 0 Å². The van der Waals surface area contributed by atoms with Crippen LogP contribution in [0.5, 0.6) is 0 Å². The number of sulfonamides is 1. The number of carbonyl (C=O) groups excluding carboxylic acids is 2. The molecule has 1 atom stereocenters. The molecule has 4 rings (SSSR count). The number of quaternary nitrogens is 1. The van der Waals surface area contributed by atoms with Gasteiger partial charge in [0, 0.05) is 19.7 Å². The molecule has 0 spiro atoms. The number of morpholine rings is 1. The second-order valence-electron chi connectivity index (χ2n) is 8.83. The van der Waals surface area contributed by atoms with E-state index in [2.05, 4.69) is 0 Å². The summed E-state index contributed by atoms with van der Waals surface area (Å²) in [6.45, 7) is 4.02. The Morgan fingerprint density at radius 1 is 1.06 bits per heavy atom. The average molecular weight is 501 g/mol. The Kier molecular flexibility index (Phi) is 7.36. The molecular weight excluding hydrogens is 470 g/mol. The van der Waals surface area contributed by atoms with Gasteiger partial charge in [0.15, 0.2) is 0 Å². The molecule has 1 unspecified atom stereocenters. The van der Waals surface area contributed by atoms with Crippen LogP contribution >= 0.6 is 0 Å². The van der Waals surface area contributed by atoms with E-state index in [4.69, 9.17) is 4.74 Å². The molecule has 2 aromatic carbocycles. The van der Waals surface area contributed by atoms with E-state index < -0.39 is 27.8 Å². The standard InChI is InChI=1S/C25H29N3O6S/c1-26(2)35(32,33)20-10-8-19(9-11-20)23(29)21-22(18-6-4-3-5-7-18)28(25(31)24(21)30)13-12-27-14-16-34-17-15-27/h3-11,22,29H,12-17H2,1-2H3/p+1. The number of nitrogens with one attached hydrogen (secondary N) is 1. The van der Waals surface area contributed by atoms with Crippen molar-refractivity contribution >= 4 is 27.5 Å². The molecule has 2 N–H and O–H groups in total. The number of nitrogens with zero attached hydrogens (tertiary/aromatic N) is 2. The zero-order valence-corrected chi connectivity index (χ0v) is 20.6. The van der Waals surface area contributed by atoms with E-state index >= 15 is 0 Å². The Labute approximate surface area is 205 Å². The van der Waals surface area contributed by atoms with Crippen LogP contribution in [0, 0.1) is 0 Å². The second-order valence-corrected chi connectivity index (χ2v) is 11.0. The van der Waals surface area contributed by atoms with Crippen LogP contribution in [0.1, 0.15) is 17.2 Å². The van der Waals surface area contributed by atoms with Gasteiger partial charge >= 0.3 is 0 Å². The summed E-state index contributed by atoms with van der Waals surface area (Å²) < 4.78 is 31.3. The lowest BCUT2D eigenvalue weighted by molar-refractivity contribution is -0.907. The number of hydrogen-bond acceptors (Lipinski definition) is 6. The molecule has 0 bridgehead atoms. The second kappa shape index (κ2) is 10.3. The smallest absolute Gasteiger partial charge is 0.295 e. The third-order valence-electron chi connectivity index (χ3n) is 6.47. The SMILES string of the molecule is CN(C)S(=O)(=O)c1ccc(C(O)=C2C(=O)C(=O)N(CC[NH+]3CCOCC3)C2c2ccccc2)cc1. The maximum absolute atomic E-state index is 13.1. The van der Waals surface area contributed by atoms with Crippen molar-refractivity contribution in [2.45, 2.75) is 10.9 Å². The molecule has 2 aliphatic heterocycles. The van der Waals surface area contributed by atoms with Gasteiger partial charge in [-0.3, -0.25) is 9.59 Å². The summed E-state index contributed by atoms with van der Waals surface area (Å²) in [4.78, 5) is 29.1. The van der Waals surface area contributed by atoms with Gasteiger partial charge in [0.25, 0.3) is 11.7 Å². The number of aliphatic hydroxyl groups excluding tert-OH is 1. The fourth-order valence-corrected chi connectivity index (χ4v) is 5.33. The maximum atomic E-state index is 13.1. The van der Waals surface area contributed by atoms with Gasteiger partial charge < -0.3 is 19.6 Å². The molecule has 0 saturated carbocycles. The topological polar surface area (TPSA) is 109 Å². The van der Waals surface area contributed by atoms with Crippen LogP contribution in [0.3, 0.4) is 0 Å². The normalized spacial score (nSPS) is 21.1. The molecule has 2 saturated heterocycles. The molecule has 1 amide bonds. The number of hydrogen-bond donors (Lipinski definition) is 2. The van der Waals surface area contributed by atoms with Gasteiger partial charge in [-0.25, -0.2) is 12.7 Å². The molecule has 2 aliphatic rings. The molecule has 9 nitrogen and oxygen atoms in total. The minimum atomic E-state index is -3.64. The van der Waals surface area contributed by atoms with Crippen molar-refractivity contribution in [3.63, 3.8) is 0 Å². The van der Waals surface area contributed by atoms with Crippen molar-refractivity contribution < 1.29 is 32.8 Å². The third-order valence-corrected chi connectivity index (χ3v) is 8.30. The van der Waals surface area contributed by atoms with E-state index in [-0.39, 0.29) is 21.8 Å². The summed E-state index contributed by atoms with van der Waals surface area (Å²) in [5.41, 5.74) is 0.985. The number of rotatable bonds is 7. The predicted octanol–water partition coefficient (Wildman–Crippen LogP) is 0.274. The fourth-order valence-electron chi connectivity index (χ4n) is 4.43. The Balaban J connectivity index is 1.71. The summed E-state index contributed by atoms with van der Waals surface area (Å²) in [5, 5.41) is 11.2. The molecule has 2 fully saturated rings. The first-order valence-electron chi connectivity index (χ1n) is 11.5. The number of Topliss-reactive ketones (excluding diaryl/α,β-unsaturated/α-hetero) is 1. The van der Waals surface area contributed by atoms with Gasteiger partial charge in [0.05, 0.1) is 42.8 Å². The highest BCUT2D eigenvalue weighted by molar-refractivity contribution is 7.89. The zero-order chi connectivity index (χ0) is 25.2. The molecule has 0 aliphatic carbocycles. The molecule has 0 radical (unpaired) electrons. The van der Waals surface area contributed by atoms with Crippen molar-refractivity contribution in [1.82, 2.24) is 9.21 Å². The minimum Gasteiger partial charge on any atom is -0.507 e. The number of benzene rings is 2. The predicted molar refractivity (Wildman–Crippen MR) is 129 cm³/mol. The Morgan fingerprint density at radius 2 is 1.69 bits per heavy atom. The molecule has 10 heteroatoms. The molecule has 0 aromatic heterocycles. The van der Waals surface area contributed by atoms with Gasteiger partial charge in [0.2, 0.25) is 10.0 Å². The monoisotopic (exact) mass is 500 g/mol. The van der Waals surface area contributed by atoms with Crippen LogP contribution in [0.2, 0.25) is 0 Å². The van der Waals surface area contributed by atoms with Crippen molar-refractivity contribution in [2.75, 3.05) is 53.5 Å². The highest BCUT2D eigenvalue weighted by atomic mass is 32.2. The molecule has 2 heterocycles. The van der Waals surface area contributed by atoms with Crippen molar-refractivity contribution in [1.29, 1.82) is 0 Å². The van der Waals surface area contributed by atoms with E-state index in [0.717, 1.165) is 23.0 Å². The van der Waals surface area contributed by atoms with Gasteiger partial charge in [-0.2, -0.15) is 0 Å². The minimum absolute atomic E-state index is 0.00129. The maximum Gasteiger partial charge on any atom is 0.295 e. The molecule has 35 heavy (non-hydrogen) atoms. The number of ketones is 1. The van der Waals surface area contributed by atoms with Crippen LogP contribution in [0.15, 0.2) is 65.1 Å². The van der Waals surface area contributed by atoms with Crippen LogP contribution in [-0.4, -0.2) is 87.9 Å². The van der Waals surface area contributed by atoms with Crippen LogP contribution < -0.4 is 4.90 Å². The number of carbonyl (C=O) groups is 2. The fraction of sp³-hybridized carbons (Fsp3) is 0.360. The summed E-state index contributed by atoms with van der Waals surface area (Å²) in [6.07, 6.45) is 0. The number of ether oxygens (including phenoxy) is 1. The lowest BCUT2D eigenvalue weighted by atomic mass is 9.95.